The molecule has 3 rings (SSSR count). The van der Waals surface area contributed by atoms with Crippen LogP contribution in [0.15, 0.2) is 76.3 Å². The minimum atomic E-state index is -3.79. The lowest BCUT2D eigenvalue weighted by atomic mass is 10.2. The van der Waals surface area contributed by atoms with Crippen LogP contribution in [-0.4, -0.2) is 20.9 Å². The standard InChI is InChI=1S/C20H16F2N2O4S2/c21-20(22)28-17-9-4-1-6-14(17)11-12-18(25)23-15-7-2-3-8-16(15)24-30(26,27)19-10-5-13-29-19/h1-13,20,24H,(H,23,25)/b12-11+. The number of sulfonamides is 1. The molecule has 2 N–H and O–H groups in total. The van der Waals surface area contributed by atoms with Gasteiger partial charge in [-0.15, -0.1) is 11.3 Å². The highest BCUT2D eigenvalue weighted by Gasteiger charge is 2.17. The number of thiophene rings is 1. The van der Waals surface area contributed by atoms with Crippen LogP contribution >= 0.6 is 11.3 Å². The van der Waals surface area contributed by atoms with Gasteiger partial charge in [0.15, 0.2) is 0 Å². The zero-order valence-corrected chi connectivity index (χ0v) is 16.9. The Bertz CT molecular complexity index is 1150. The molecule has 2 aromatic carbocycles. The third-order valence-corrected chi connectivity index (χ3v) is 6.50. The van der Waals surface area contributed by atoms with Crippen LogP contribution < -0.4 is 14.8 Å². The van der Waals surface area contributed by atoms with E-state index in [1.165, 1.54) is 42.5 Å². The number of benzene rings is 2. The van der Waals surface area contributed by atoms with Gasteiger partial charge in [0.05, 0.1) is 11.4 Å². The number of carbonyl (C=O) groups excluding carboxylic acids is 1. The van der Waals surface area contributed by atoms with Crippen molar-refractivity contribution in [1.29, 1.82) is 0 Å². The molecular weight excluding hydrogens is 434 g/mol. The van der Waals surface area contributed by atoms with E-state index in [2.05, 4.69) is 14.8 Å². The summed E-state index contributed by atoms with van der Waals surface area (Å²) in [6, 6.07) is 15.4. The lowest BCUT2D eigenvalue weighted by molar-refractivity contribution is -0.111. The summed E-state index contributed by atoms with van der Waals surface area (Å²) in [5.74, 6) is -0.648. The average molecular weight is 450 g/mol. The Morgan fingerprint density at radius 3 is 2.40 bits per heavy atom. The molecule has 0 saturated carbocycles. The van der Waals surface area contributed by atoms with Crippen molar-refractivity contribution in [3.05, 3.63) is 77.7 Å². The smallest absolute Gasteiger partial charge is 0.387 e. The number of amides is 1. The van der Waals surface area contributed by atoms with E-state index < -0.39 is 22.5 Å². The Labute approximate surface area is 175 Å². The normalized spacial score (nSPS) is 11.6. The maximum atomic E-state index is 12.5. The van der Waals surface area contributed by atoms with Crippen LogP contribution in [0.5, 0.6) is 5.75 Å². The first kappa shape index (κ1) is 21.5. The largest absolute Gasteiger partial charge is 0.434 e. The Morgan fingerprint density at radius 1 is 1.00 bits per heavy atom. The highest BCUT2D eigenvalue weighted by molar-refractivity contribution is 7.94. The summed E-state index contributed by atoms with van der Waals surface area (Å²) in [7, 11) is -3.79. The van der Waals surface area contributed by atoms with E-state index in [1.54, 1.807) is 29.6 Å². The number of carbonyl (C=O) groups is 1. The third-order valence-electron chi connectivity index (χ3n) is 3.74. The first-order valence-corrected chi connectivity index (χ1v) is 10.9. The Morgan fingerprint density at radius 2 is 1.70 bits per heavy atom. The molecule has 1 heterocycles. The van der Waals surface area contributed by atoms with E-state index in [-0.39, 0.29) is 21.3 Å². The SMILES string of the molecule is O=C(/C=C/c1ccccc1OC(F)F)Nc1ccccc1NS(=O)(=O)c1cccs1. The van der Waals surface area contributed by atoms with Crippen LogP contribution in [0.1, 0.15) is 5.56 Å². The molecule has 3 aromatic rings. The number of nitrogens with one attached hydrogen (secondary N) is 2. The van der Waals surface area contributed by atoms with E-state index >= 15 is 0 Å². The molecule has 0 atom stereocenters. The molecule has 0 fully saturated rings. The minimum absolute atomic E-state index is 0.0688. The first-order chi connectivity index (χ1) is 14.3. The van der Waals surface area contributed by atoms with Crippen molar-refractivity contribution < 1.29 is 26.7 Å². The van der Waals surface area contributed by atoms with Gasteiger partial charge in [-0.25, -0.2) is 8.42 Å². The fourth-order valence-electron chi connectivity index (χ4n) is 2.45. The lowest BCUT2D eigenvalue weighted by Gasteiger charge is -2.12. The molecule has 0 unspecified atom stereocenters. The number of ether oxygens (including phenoxy) is 1. The van der Waals surface area contributed by atoms with Crippen LogP contribution in [-0.2, 0) is 14.8 Å². The zero-order chi connectivity index (χ0) is 21.6. The van der Waals surface area contributed by atoms with Gasteiger partial charge in [-0.3, -0.25) is 9.52 Å². The number of para-hydroxylation sites is 3. The minimum Gasteiger partial charge on any atom is -0.434 e. The van der Waals surface area contributed by atoms with Gasteiger partial charge in [0.2, 0.25) is 5.91 Å². The topological polar surface area (TPSA) is 84.5 Å². The monoisotopic (exact) mass is 450 g/mol. The molecule has 6 nitrogen and oxygen atoms in total. The van der Waals surface area contributed by atoms with Gasteiger partial charge in [-0.1, -0.05) is 36.4 Å². The van der Waals surface area contributed by atoms with Crippen molar-refractivity contribution in [3.63, 3.8) is 0 Å². The Balaban J connectivity index is 1.75. The Kier molecular flexibility index (Phi) is 6.80. The second-order valence-corrected chi connectivity index (χ2v) is 8.68. The van der Waals surface area contributed by atoms with Gasteiger partial charge in [0.25, 0.3) is 10.0 Å². The molecule has 1 aromatic heterocycles. The van der Waals surface area contributed by atoms with Crippen LogP contribution in [0, 0.1) is 0 Å². The molecule has 10 heteroatoms. The van der Waals surface area contributed by atoms with Crippen molar-refractivity contribution in [2.75, 3.05) is 10.0 Å². The maximum absolute atomic E-state index is 12.5. The molecule has 0 aliphatic carbocycles. The lowest BCUT2D eigenvalue weighted by Crippen LogP contribution is -2.15. The summed E-state index contributed by atoms with van der Waals surface area (Å²) in [6.45, 7) is -2.99. The summed E-state index contributed by atoms with van der Waals surface area (Å²) < 4.78 is 56.8. The average Bonchev–Trinajstić information content (AvgIpc) is 3.24. The highest BCUT2D eigenvalue weighted by atomic mass is 32.2. The third kappa shape index (κ3) is 5.65. The summed E-state index contributed by atoms with van der Waals surface area (Å²) in [5, 5.41) is 4.21. The number of anilines is 2. The summed E-state index contributed by atoms with van der Waals surface area (Å²) >= 11 is 1.07. The van der Waals surface area contributed by atoms with Crippen molar-refractivity contribution in [3.8, 4) is 5.75 Å². The molecule has 0 saturated heterocycles. The predicted octanol–water partition coefficient (Wildman–Crippen LogP) is 4.80. The summed E-state index contributed by atoms with van der Waals surface area (Å²) in [4.78, 5) is 12.3. The van der Waals surface area contributed by atoms with E-state index in [4.69, 9.17) is 0 Å². The molecule has 156 valence electrons. The molecule has 1 amide bonds. The van der Waals surface area contributed by atoms with Crippen LogP contribution in [0.3, 0.4) is 0 Å². The number of hydrogen-bond acceptors (Lipinski definition) is 5. The van der Waals surface area contributed by atoms with Crippen LogP contribution in [0.4, 0.5) is 20.2 Å². The maximum Gasteiger partial charge on any atom is 0.387 e. The van der Waals surface area contributed by atoms with E-state index in [0.29, 0.717) is 5.56 Å². The highest BCUT2D eigenvalue weighted by Crippen LogP contribution is 2.26. The van der Waals surface area contributed by atoms with Gasteiger partial charge in [-0.05, 0) is 35.7 Å². The number of rotatable bonds is 8. The molecule has 0 radical (unpaired) electrons. The second kappa shape index (κ2) is 9.51. The fraction of sp³-hybridized carbons (Fsp3) is 0.0500. The van der Waals surface area contributed by atoms with Crippen molar-refractivity contribution in [2.45, 2.75) is 10.8 Å². The number of alkyl halides is 2. The van der Waals surface area contributed by atoms with Crippen LogP contribution in [0.2, 0.25) is 0 Å². The summed E-state index contributed by atoms with van der Waals surface area (Å²) in [5.41, 5.74) is 0.720. The van der Waals surface area contributed by atoms with E-state index in [9.17, 15) is 22.0 Å². The van der Waals surface area contributed by atoms with Crippen molar-refractivity contribution in [1.82, 2.24) is 0 Å². The van der Waals surface area contributed by atoms with Crippen molar-refractivity contribution >= 4 is 44.7 Å². The number of hydrogen-bond donors (Lipinski definition) is 2. The second-order valence-electron chi connectivity index (χ2n) is 5.82. The van der Waals surface area contributed by atoms with E-state index in [0.717, 1.165) is 17.4 Å². The number of halogens is 2. The molecule has 0 spiro atoms. The summed E-state index contributed by atoms with van der Waals surface area (Å²) in [6.07, 6.45) is 2.46. The first-order valence-electron chi connectivity index (χ1n) is 8.53. The molecule has 0 aliphatic rings. The zero-order valence-electron chi connectivity index (χ0n) is 15.3. The molecule has 0 bridgehead atoms. The van der Waals surface area contributed by atoms with Gasteiger partial charge in [-0.2, -0.15) is 8.78 Å². The molecular formula is C20H16F2N2O4S2. The molecule has 0 aliphatic heterocycles. The van der Waals surface area contributed by atoms with Gasteiger partial charge in [0.1, 0.15) is 9.96 Å². The quantitative estimate of drug-likeness (QED) is 0.483. The molecule has 30 heavy (non-hydrogen) atoms. The fourth-order valence-corrected chi connectivity index (χ4v) is 4.53. The van der Waals surface area contributed by atoms with Gasteiger partial charge in [0, 0.05) is 11.6 Å². The van der Waals surface area contributed by atoms with Crippen molar-refractivity contribution in [2.24, 2.45) is 0 Å². The predicted molar refractivity (Wildman–Crippen MR) is 112 cm³/mol. The van der Waals surface area contributed by atoms with Crippen LogP contribution in [0.25, 0.3) is 6.08 Å². The Hall–Kier alpha value is -3.24. The van der Waals surface area contributed by atoms with E-state index in [1.807, 2.05) is 0 Å². The van der Waals surface area contributed by atoms with Gasteiger partial charge >= 0.3 is 6.61 Å². The van der Waals surface area contributed by atoms with Gasteiger partial charge < -0.3 is 10.1 Å².